The Kier molecular flexibility index (Phi) is 6.09. The zero-order valence-corrected chi connectivity index (χ0v) is 17.7. The van der Waals surface area contributed by atoms with E-state index < -0.39 is 0 Å². The van der Waals surface area contributed by atoms with Crippen molar-refractivity contribution in [1.82, 2.24) is 5.32 Å². The van der Waals surface area contributed by atoms with Crippen LogP contribution in [0.4, 0.5) is 5.69 Å². The molecule has 2 aliphatic rings. The predicted molar refractivity (Wildman–Crippen MR) is 118 cm³/mol. The molecular weight excluding hydrogens is 400 g/mol. The molecule has 30 heavy (non-hydrogen) atoms. The number of amides is 2. The molecule has 0 unspecified atom stereocenters. The Morgan fingerprint density at radius 2 is 1.93 bits per heavy atom. The van der Waals surface area contributed by atoms with Crippen LogP contribution in [-0.4, -0.2) is 24.4 Å². The summed E-state index contributed by atoms with van der Waals surface area (Å²) in [7, 11) is 0. The van der Waals surface area contributed by atoms with Crippen molar-refractivity contribution in [3.63, 3.8) is 0 Å². The molecule has 2 amide bonds. The standard InChI is InChI=1S/C24H25ClN2O3/c1-16-9-11-19(12-10-16)26-23(28)15-27-20-7-2-3-8-21(20)30-22(24(27)29)14-17-5-4-6-18(25)13-17/h2-8,13-14,16,19H,9-12,15H2,1H3,(H,26,28). The number of fused-ring (bicyclic) bond motifs is 1. The quantitative estimate of drug-likeness (QED) is 0.717. The summed E-state index contributed by atoms with van der Waals surface area (Å²) in [6.07, 6.45) is 5.87. The van der Waals surface area contributed by atoms with Gasteiger partial charge >= 0.3 is 0 Å². The second-order valence-corrected chi connectivity index (χ2v) is 8.49. The van der Waals surface area contributed by atoms with E-state index >= 15 is 0 Å². The molecule has 0 spiro atoms. The molecule has 4 rings (SSSR count). The second-order valence-electron chi connectivity index (χ2n) is 8.05. The Balaban J connectivity index is 1.55. The van der Waals surface area contributed by atoms with Gasteiger partial charge in [-0.25, -0.2) is 0 Å². The van der Waals surface area contributed by atoms with Crippen LogP contribution in [0, 0.1) is 5.92 Å². The summed E-state index contributed by atoms with van der Waals surface area (Å²) in [4.78, 5) is 27.4. The van der Waals surface area contributed by atoms with Crippen LogP contribution >= 0.6 is 11.6 Å². The number of hydrogen-bond acceptors (Lipinski definition) is 3. The number of benzene rings is 2. The van der Waals surface area contributed by atoms with Gasteiger partial charge in [-0.2, -0.15) is 0 Å². The van der Waals surface area contributed by atoms with Crippen LogP contribution < -0.4 is 15.0 Å². The van der Waals surface area contributed by atoms with Gasteiger partial charge in [-0.15, -0.1) is 0 Å². The highest BCUT2D eigenvalue weighted by molar-refractivity contribution is 6.30. The lowest BCUT2D eigenvalue weighted by Crippen LogP contribution is -2.47. The van der Waals surface area contributed by atoms with Crippen molar-refractivity contribution >= 4 is 35.2 Å². The monoisotopic (exact) mass is 424 g/mol. The van der Waals surface area contributed by atoms with Gasteiger partial charge in [0.15, 0.2) is 11.5 Å². The third-order valence-corrected chi connectivity index (χ3v) is 5.90. The van der Waals surface area contributed by atoms with Crippen molar-refractivity contribution in [3.8, 4) is 5.75 Å². The number of nitrogens with zero attached hydrogens (tertiary/aromatic N) is 1. The highest BCUT2D eigenvalue weighted by Gasteiger charge is 2.32. The molecule has 2 aromatic rings. The van der Waals surface area contributed by atoms with Crippen molar-refractivity contribution in [2.24, 2.45) is 5.92 Å². The fraction of sp³-hybridized carbons (Fsp3) is 0.333. The number of ether oxygens (including phenoxy) is 1. The lowest BCUT2D eigenvalue weighted by molar-refractivity contribution is -0.124. The maximum atomic E-state index is 13.2. The van der Waals surface area contributed by atoms with E-state index in [-0.39, 0.29) is 30.2 Å². The Bertz CT molecular complexity index is 980. The molecule has 1 fully saturated rings. The molecule has 0 aromatic heterocycles. The van der Waals surface area contributed by atoms with E-state index in [1.807, 2.05) is 24.3 Å². The number of carbonyl (C=O) groups excluding carboxylic acids is 2. The van der Waals surface area contributed by atoms with Crippen LogP contribution in [-0.2, 0) is 9.59 Å². The first kappa shape index (κ1) is 20.5. The fourth-order valence-electron chi connectivity index (χ4n) is 3.99. The van der Waals surface area contributed by atoms with Crippen LogP contribution in [0.1, 0.15) is 38.2 Å². The molecular formula is C24H25ClN2O3. The molecule has 0 atom stereocenters. The van der Waals surface area contributed by atoms with Crippen LogP contribution in [0.25, 0.3) is 6.08 Å². The van der Waals surface area contributed by atoms with Gasteiger partial charge in [0.05, 0.1) is 5.69 Å². The number of anilines is 1. The summed E-state index contributed by atoms with van der Waals surface area (Å²) in [6.45, 7) is 2.20. The maximum absolute atomic E-state index is 13.2. The average molecular weight is 425 g/mol. The predicted octanol–water partition coefficient (Wildman–Crippen LogP) is 4.80. The lowest BCUT2D eigenvalue weighted by Gasteiger charge is -2.31. The minimum absolute atomic E-state index is 0.0435. The van der Waals surface area contributed by atoms with Crippen molar-refractivity contribution in [2.45, 2.75) is 38.6 Å². The maximum Gasteiger partial charge on any atom is 0.294 e. The van der Waals surface area contributed by atoms with Crippen LogP contribution in [0.3, 0.4) is 0 Å². The Morgan fingerprint density at radius 1 is 1.17 bits per heavy atom. The van der Waals surface area contributed by atoms with Crippen molar-refractivity contribution in [3.05, 3.63) is 64.9 Å². The third-order valence-electron chi connectivity index (χ3n) is 5.66. The molecule has 1 aliphatic heterocycles. The molecule has 1 heterocycles. The fourth-order valence-corrected chi connectivity index (χ4v) is 4.19. The first-order valence-electron chi connectivity index (χ1n) is 10.3. The van der Waals surface area contributed by atoms with E-state index in [0.717, 1.165) is 31.2 Å². The summed E-state index contributed by atoms with van der Waals surface area (Å²) in [6, 6.07) is 14.6. The van der Waals surface area contributed by atoms with Crippen molar-refractivity contribution in [2.75, 3.05) is 11.4 Å². The first-order chi connectivity index (χ1) is 14.5. The second kappa shape index (κ2) is 8.92. The summed E-state index contributed by atoms with van der Waals surface area (Å²) in [5, 5.41) is 3.67. The number of carbonyl (C=O) groups is 2. The van der Waals surface area contributed by atoms with E-state index in [1.54, 1.807) is 30.3 Å². The number of para-hydroxylation sites is 2. The normalized spacial score (nSPS) is 22.4. The van der Waals surface area contributed by atoms with Gasteiger partial charge in [0.25, 0.3) is 5.91 Å². The van der Waals surface area contributed by atoms with Gasteiger partial charge in [0, 0.05) is 11.1 Å². The highest BCUT2D eigenvalue weighted by Crippen LogP contribution is 2.35. The molecule has 0 saturated heterocycles. The zero-order valence-electron chi connectivity index (χ0n) is 16.9. The molecule has 6 heteroatoms. The smallest absolute Gasteiger partial charge is 0.294 e. The van der Waals surface area contributed by atoms with E-state index in [0.29, 0.717) is 22.4 Å². The summed E-state index contributed by atoms with van der Waals surface area (Å²) >= 11 is 6.06. The van der Waals surface area contributed by atoms with Gasteiger partial charge in [-0.3, -0.25) is 14.5 Å². The van der Waals surface area contributed by atoms with E-state index in [1.165, 1.54) is 4.90 Å². The van der Waals surface area contributed by atoms with E-state index in [4.69, 9.17) is 16.3 Å². The molecule has 0 bridgehead atoms. The van der Waals surface area contributed by atoms with Gasteiger partial charge in [0.2, 0.25) is 5.91 Å². The lowest BCUT2D eigenvalue weighted by atomic mass is 9.87. The number of rotatable bonds is 4. The Hall–Kier alpha value is -2.79. The van der Waals surface area contributed by atoms with Crippen molar-refractivity contribution in [1.29, 1.82) is 0 Å². The number of nitrogens with one attached hydrogen (secondary N) is 1. The Morgan fingerprint density at radius 3 is 2.70 bits per heavy atom. The summed E-state index contributed by atoms with van der Waals surface area (Å²) in [5.74, 6) is 0.924. The summed E-state index contributed by atoms with van der Waals surface area (Å²) < 4.78 is 5.86. The molecule has 1 aliphatic carbocycles. The molecule has 156 valence electrons. The van der Waals surface area contributed by atoms with E-state index in [9.17, 15) is 9.59 Å². The zero-order chi connectivity index (χ0) is 21.1. The molecule has 0 radical (unpaired) electrons. The third kappa shape index (κ3) is 4.68. The first-order valence-corrected chi connectivity index (χ1v) is 10.7. The van der Waals surface area contributed by atoms with Crippen LogP contribution in [0.2, 0.25) is 5.02 Å². The number of hydrogen-bond donors (Lipinski definition) is 1. The summed E-state index contributed by atoms with van der Waals surface area (Å²) in [5.41, 5.74) is 1.35. The van der Waals surface area contributed by atoms with Gasteiger partial charge in [-0.05, 0) is 67.5 Å². The van der Waals surface area contributed by atoms with Crippen LogP contribution in [0.5, 0.6) is 5.75 Å². The minimum Gasteiger partial charge on any atom is -0.449 e. The molecule has 1 N–H and O–H groups in total. The number of halogens is 1. The van der Waals surface area contributed by atoms with Gasteiger partial charge in [0.1, 0.15) is 6.54 Å². The molecule has 2 aromatic carbocycles. The minimum atomic E-state index is -0.346. The van der Waals surface area contributed by atoms with Crippen LogP contribution in [0.15, 0.2) is 54.3 Å². The molecule has 5 nitrogen and oxygen atoms in total. The largest absolute Gasteiger partial charge is 0.449 e. The van der Waals surface area contributed by atoms with Crippen molar-refractivity contribution < 1.29 is 14.3 Å². The topological polar surface area (TPSA) is 58.6 Å². The highest BCUT2D eigenvalue weighted by atomic mass is 35.5. The Labute approximate surface area is 181 Å². The van der Waals surface area contributed by atoms with Gasteiger partial charge in [-0.1, -0.05) is 42.8 Å². The van der Waals surface area contributed by atoms with Gasteiger partial charge < -0.3 is 10.1 Å². The SMILES string of the molecule is CC1CCC(NC(=O)CN2C(=O)C(=Cc3cccc(Cl)c3)Oc3ccccc32)CC1. The average Bonchev–Trinajstić information content (AvgIpc) is 2.73. The van der Waals surface area contributed by atoms with E-state index in [2.05, 4.69) is 12.2 Å². The molecule has 1 saturated carbocycles.